The third-order valence-corrected chi connectivity index (χ3v) is 7.11. The second kappa shape index (κ2) is 9.82. The van der Waals surface area contributed by atoms with Crippen molar-refractivity contribution in [2.24, 2.45) is 5.92 Å². The number of benzene rings is 1. The Bertz CT molecular complexity index is 1310. The number of nitrogens with zero attached hydrogens (tertiary/aromatic N) is 5. The summed E-state index contributed by atoms with van der Waals surface area (Å²) in [7, 11) is 0. The van der Waals surface area contributed by atoms with E-state index in [1.807, 2.05) is 4.90 Å². The molecule has 2 fully saturated rings. The summed E-state index contributed by atoms with van der Waals surface area (Å²) in [6.45, 7) is 4.74. The molecular weight excluding hydrogens is 489 g/mol. The average Bonchev–Trinajstić information content (AvgIpc) is 3.17. The van der Waals surface area contributed by atoms with E-state index in [4.69, 9.17) is 15.6 Å². The predicted molar refractivity (Wildman–Crippen MR) is 130 cm³/mol. The van der Waals surface area contributed by atoms with E-state index in [9.17, 15) is 23.1 Å². The van der Waals surface area contributed by atoms with Crippen LogP contribution >= 0.6 is 0 Å². The molecule has 1 aromatic carbocycles. The van der Waals surface area contributed by atoms with E-state index in [2.05, 4.69) is 4.98 Å². The maximum Gasteiger partial charge on any atom is 0.416 e. The summed E-state index contributed by atoms with van der Waals surface area (Å²) in [5, 5.41) is 14.0. The van der Waals surface area contributed by atoms with Gasteiger partial charge in [0, 0.05) is 51.2 Å². The Hall–Kier alpha value is -3.38. The van der Waals surface area contributed by atoms with Crippen molar-refractivity contribution in [2.45, 2.75) is 25.9 Å². The number of ether oxygens (including phenoxy) is 1. The first-order chi connectivity index (χ1) is 17.7. The molecule has 2 aliphatic heterocycles. The highest BCUT2D eigenvalue weighted by Crippen LogP contribution is 2.34. The number of fused-ring (bicyclic) bond motifs is 1. The summed E-state index contributed by atoms with van der Waals surface area (Å²) in [6, 6.07) is 5.81. The summed E-state index contributed by atoms with van der Waals surface area (Å²) < 4.78 is 47.8. The molecule has 2 aliphatic rings. The lowest BCUT2D eigenvalue weighted by molar-refractivity contribution is -0.138. The fraction of sp³-hybridized carbons (Fsp3) is 0.480. The Morgan fingerprint density at radius 1 is 1.24 bits per heavy atom. The second-order valence-electron chi connectivity index (χ2n) is 9.59. The van der Waals surface area contributed by atoms with E-state index in [0.717, 1.165) is 6.07 Å². The molecule has 0 unspecified atom stereocenters. The van der Waals surface area contributed by atoms with Crippen LogP contribution in [-0.2, 0) is 28.5 Å². The number of nitrogens with two attached hydrogens (primary N) is 1. The van der Waals surface area contributed by atoms with Crippen molar-refractivity contribution in [3.8, 4) is 0 Å². The maximum absolute atomic E-state index is 13.6. The van der Waals surface area contributed by atoms with Crippen LogP contribution in [0.5, 0.6) is 0 Å². The average molecular weight is 519 g/mol. The molecule has 0 bridgehead atoms. The Kier molecular flexibility index (Phi) is 6.71. The number of carbonyl (C=O) groups excluding carboxylic acids is 1. The molecule has 37 heavy (non-hydrogen) atoms. The van der Waals surface area contributed by atoms with Crippen LogP contribution in [0.3, 0.4) is 0 Å². The second-order valence-corrected chi connectivity index (χ2v) is 9.59. The minimum Gasteiger partial charge on any atom is -0.396 e. The summed E-state index contributed by atoms with van der Waals surface area (Å²) in [4.78, 5) is 21.3. The van der Waals surface area contributed by atoms with Crippen LogP contribution in [0.1, 0.15) is 28.1 Å². The maximum atomic E-state index is 13.6. The third-order valence-electron chi connectivity index (χ3n) is 7.11. The van der Waals surface area contributed by atoms with E-state index in [1.54, 1.807) is 21.5 Å². The topological polar surface area (TPSA) is 109 Å². The Labute approximate surface area is 211 Å². The van der Waals surface area contributed by atoms with Gasteiger partial charge in [0.25, 0.3) is 0 Å². The van der Waals surface area contributed by atoms with Crippen molar-refractivity contribution in [2.75, 3.05) is 56.6 Å². The molecule has 0 aliphatic carbocycles. The van der Waals surface area contributed by atoms with Gasteiger partial charge in [-0.1, -0.05) is 12.1 Å². The number of nitrogen functional groups attached to an aromatic ring is 1. The molecule has 2 aromatic heterocycles. The number of likely N-dealkylation sites (tertiary alicyclic amines) is 1. The summed E-state index contributed by atoms with van der Waals surface area (Å²) >= 11 is 0. The zero-order valence-electron chi connectivity index (χ0n) is 20.5. The molecule has 9 nitrogen and oxygen atoms in total. The first kappa shape index (κ1) is 25.3. The van der Waals surface area contributed by atoms with Crippen LogP contribution in [0.4, 0.5) is 24.7 Å². The number of aliphatic hydroxyl groups excluding tert-OH is 1. The molecule has 0 radical (unpaired) electrons. The van der Waals surface area contributed by atoms with E-state index in [0.29, 0.717) is 73.5 Å². The van der Waals surface area contributed by atoms with Crippen LogP contribution in [-0.4, -0.2) is 76.5 Å². The van der Waals surface area contributed by atoms with Gasteiger partial charge in [-0.15, -0.1) is 5.10 Å². The van der Waals surface area contributed by atoms with E-state index < -0.39 is 11.7 Å². The Morgan fingerprint density at radius 3 is 2.65 bits per heavy atom. The van der Waals surface area contributed by atoms with Gasteiger partial charge in [-0.05, 0) is 24.1 Å². The number of aromatic nitrogens is 3. The van der Waals surface area contributed by atoms with E-state index in [1.165, 1.54) is 13.0 Å². The third kappa shape index (κ3) is 4.95. The first-order valence-electron chi connectivity index (χ1n) is 12.2. The number of morpholine rings is 1. The highest BCUT2D eigenvalue weighted by molar-refractivity contribution is 5.80. The van der Waals surface area contributed by atoms with Crippen LogP contribution < -0.4 is 10.6 Å². The monoisotopic (exact) mass is 518 g/mol. The Balaban J connectivity index is 1.57. The van der Waals surface area contributed by atoms with Gasteiger partial charge >= 0.3 is 6.18 Å². The lowest BCUT2D eigenvalue weighted by Crippen LogP contribution is -2.51. The number of hydrogen-bond donors (Lipinski definition) is 2. The van der Waals surface area contributed by atoms with Gasteiger partial charge in [-0.25, -0.2) is 9.50 Å². The number of amides is 1. The lowest BCUT2D eigenvalue weighted by Gasteiger charge is -2.38. The Morgan fingerprint density at radius 2 is 1.97 bits per heavy atom. The number of anilines is 2. The molecule has 3 N–H and O–H groups in total. The van der Waals surface area contributed by atoms with Gasteiger partial charge in [-0.2, -0.15) is 13.2 Å². The molecular formula is C25H29F3N6O3. The SMILES string of the molecule is Cc1c(Cc2c(CC(=O)N3CC(CO)C3)nc3c(N)cc(N4CCOCC4)nn23)cccc1C(F)(F)F. The number of imidazole rings is 1. The highest BCUT2D eigenvalue weighted by atomic mass is 19.4. The van der Waals surface area contributed by atoms with Gasteiger partial charge in [0.1, 0.15) is 0 Å². The first-order valence-corrected chi connectivity index (χ1v) is 12.2. The van der Waals surface area contributed by atoms with Gasteiger partial charge < -0.3 is 25.4 Å². The van der Waals surface area contributed by atoms with Crippen LogP contribution in [0.2, 0.25) is 0 Å². The quantitative estimate of drug-likeness (QED) is 0.514. The van der Waals surface area contributed by atoms with Crippen molar-refractivity contribution >= 4 is 23.1 Å². The number of rotatable bonds is 6. The van der Waals surface area contributed by atoms with Crippen LogP contribution in [0, 0.1) is 12.8 Å². The minimum absolute atomic E-state index is 0.0169. The molecule has 5 rings (SSSR count). The zero-order chi connectivity index (χ0) is 26.3. The molecule has 3 aromatic rings. The highest BCUT2D eigenvalue weighted by Gasteiger charge is 2.34. The van der Waals surface area contributed by atoms with Crippen molar-refractivity contribution in [1.82, 2.24) is 19.5 Å². The van der Waals surface area contributed by atoms with Gasteiger partial charge in [0.2, 0.25) is 5.91 Å². The molecule has 12 heteroatoms. The van der Waals surface area contributed by atoms with Gasteiger partial charge in [0.15, 0.2) is 11.5 Å². The molecule has 2 saturated heterocycles. The molecule has 0 atom stereocenters. The van der Waals surface area contributed by atoms with Crippen molar-refractivity contribution in [3.05, 3.63) is 52.3 Å². The van der Waals surface area contributed by atoms with Gasteiger partial charge in [0.05, 0.1) is 42.3 Å². The standard InChI is InChI=1S/C25H29F3N6O3/c1-15-17(3-2-4-18(15)25(26,27)28)9-21-20(11-23(36)33-12-16(13-33)14-35)30-24-19(29)10-22(31-34(21)24)32-5-7-37-8-6-32/h2-4,10,16,35H,5-9,11-14,29H2,1H3. The predicted octanol–water partition coefficient (Wildman–Crippen LogP) is 2.06. The number of halogens is 3. The summed E-state index contributed by atoms with van der Waals surface area (Å²) in [5.74, 6) is 0.506. The fourth-order valence-electron chi connectivity index (χ4n) is 4.89. The van der Waals surface area contributed by atoms with Crippen molar-refractivity contribution in [3.63, 3.8) is 0 Å². The summed E-state index contributed by atoms with van der Waals surface area (Å²) in [6.07, 6.45) is -4.43. The fourth-order valence-corrected chi connectivity index (χ4v) is 4.89. The van der Waals surface area contributed by atoms with Crippen LogP contribution in [0.25, 0.3) is 5.65 Å². The molecule has 1 amide bonds. The number of aliphatic hydroxyl groups is 1. The molecule has 0 saturated carbocycles. The molecule has 0 spiro atoms. The number of hydrogen-bond acceptors (Lipinski definition) is 7. The molecule has 4 heterocycles. The van der Waals surface area contributed by atoms with Gasteiger partial charge in [-0.3, -0.25) is 4.79 Å². The number of carbonyl (C=O) groups is 1. The van der Waals surface area contributed by atoms with Crippen molar-refractivity contribution in [1.29, 1.82) is 0 Å². The van der Waals surface area contributed by atoms with E-state index >= 15 is 0 Å². The van der Waals surface area contributed by atoms with Crippen molar-refractivity contribution < 1.29 is 27.8 Å². The smallest absolute Gasteiger partial charge is 0.396 e. The largest absolute Gasteiger partial charge is 0.416 e. The normalized spacial score (nSPS) is 16.9. The van der Waals surface area contributed by atoms with E-state index in [-0.39, 0.29) is 36.8 Å². The minimum atomic E-state index is -4.48. The number of alkyl halides is 3. The van der Waals surface area contributed by atoms with Crippen LogP contribution in [0.15, 0.2) is 24.3 Å². The summed E-state index contributed by atoms with van der Waals surface area (Å²) in [5.41, 5.74) is 7.91. The lowest BCUT2D eigenvalue weighted by atomic mass is 9.97. The zero-order valence-corrected chi connectivity index (χ0v) is 20.5. The molecule has 198 valence electrons.